The molecule has 3 amide bonds. The van der Waals surface area contributed by atoms with Gasteiger partial charge in [0.25, 0.3) is 0 Å². The number of carboxylic acid groups (broad SMARTS) is 1. The minimum absolute atomic E-state index is 0.258. The highest BCUT2D eigenvalue weighted by molar-refractivity contribution is 7.98. The number of hydrogen-bond acceptors (Lipinski definition) is 7. The molecule has 0 bridgehead atoms. The van der Waals surface area contributed by atoms with Gasteiger partial charge in [0.2, 0.25) is 17.7 Å². The van der Waals surface area contributed by atoms with Crippen molar-refractivity contribution in [3.8, 4) is 0 Å². The zero-order valence-corrected chi connectivity index (χ0v) is 17.7. The van der Waals surface area contributed by atoms with Gasteiger partial charge in [0.15, 0.2) is 0 Å². The fourth-order valence-corrected chi connectivity index (χ4v) is 3.69. The van der Waals surface area contributed by atoms with Crippen LogP contribution < -0.4 is 22.1 Å². The van der Waals surface area contributed by atoms with Gasteiger partial charge in [-0.1, -0.05) is 0 Å². The second-order valence-corrected chi connectivity index (χ2v) is 8.02. The van der Waals surface area contributed by atoms with Crippen molar-refractivity contribution < 1.29 is 24.3 Å². The lowest BCUT2D eigenvalue weighted by Crippen LogP contribution is -2.55. The highest BCUT2D eigenvalue weighted by Crippen LogP contribution is 2.19. The molecule has 0 aliphatic carbocycles. The number of hydrogen-bond donors (Lipinski definition) is 5. The molecule has 11 heteroatoms. The predicted octanol–water partition coefficient (Wildman–Crippen LogP) is -1.13. The number of nitrogens with one attached hydrogen (secondary N) is 2. The topological polar surface area (TPSA) is 168 Å². The Kier molecular flexibility index (Phi) is 11.6. The summed E-state index contributed by atoms with van der Waals surface area (Å²) in [5.74, 6) is -1.66. The van der Waals surface area contributed by atoms with Crippen molar-refractivity contribution in [3.63, 3.8) is 0 Å². The van der Waals surface area contributed by atoms with E-state index < -0.39 is 42.5 Å². The fraction of sp³-hybridized carbons (Fsp3) is 0.778. The summed E-state index contributed by atoms with van der Waals surface area (Å²) in [6.45, 7) is 0.379. The average molecular weight is 432 g/mol. The number of carboxylic acids is 1. The van der Waals surface area contributed by atoms with Crippen LogP contribution in [0.1, 0.15) is 38.5 Å². The summed E-state index contributed by atoms with van der Waals surface area (Å²) >= 11 is 1.60. The number of carbonyl (C=O) groups is 4. The lowest BCUT2D eigenvalue weighted by molar-refractivity contribution is -0.141. The molecule has 3 unspecified atom stereocenters. The largest absolute Gasteiger partial charge is 0.480 e. The molecule has 1 saturated heterocycles. The molecule has 0 radical (unpaired) electrons. The summed E-state index contributed by atoms with van der Waals surface area (Å²) in [5, 5.41) is 13.7. The molecule has 166 valence electrons. The van der Waals surface area contributed by atoms with Gasteiger partial charge in [-0.3, -0.25) is 19.2 Å². The van der Waals surface area contributed by atoms with E-state index in [1.54, 1.807) is 11.8 Å². The van der Waals surface area contributed by atoms with Gasteiger partial charge in [-0.15, -0.1) is 0 Å². The van der Waals surface area contributed by atoms with E-state index in [2.05, 4.69) is 10.6 Å². The van der Waals surface area contributed by atoms with Gasteiger partial charge in [0.1, 0.15) is 18.6 Å². The Morgan fingerprint density at radius 2 is 1.97 bits per heavy atom. The van der Waals surface area contributed by atoms with Crippen molar-refractivity contribution in [3.05, 3.63) is 0 Å². The maximum Gasteiger partial charge on any atom is 0.322 e. The van der Waals surface area contributed by atoms with Gasteiger partial charge in [0, 0.05) is 6.54 Å². The van der Waals surface area contributed by atoms with Crippen molar-refractivity contribution in [2.75, 3.05) is 31.6 Å². The summed E-state index contributed by atoms with van der Waals surface area (Å²) < 4.78 is 0. The van der Waals surface area contributed by atoms with Gasteiger partial charge < -0.3 is 32.1 Å². The number of rotatable bonds is 13. The Labute approximate surface area is 175 Å². The SMILES string of the molecule is CSCCC(N)C(=O)N1CCCC1C(=O)NC(CCCCN)C(=O)NCC(=O)O. The van der Waals surface area contributed by atoms with Gasteiger partial charge in [-0.05, 0) is 57.1 Å². The number of thioether (sulfide) groups is 1. The average Bonchev–Trinajstić information content (AvgIpc) is 3.18. The molecule has 0 aromatic heterocycles. The third kappa shape index (κ3) is 8.58. The number of carbonyl (C=O) groups excluding carboxylic acids is 3. The van der Waals surface area contributed by atoms with Crippen LogP contribution in [0.25, 0.3) is 0 Å². The molecule has 10 nitrogen and oxygen atoms in total. The summed E-state index contributed by atoms with van der Waals surface area (Å²) in [6.07, 6.45) is 5.27. The number of nitrogens with zero attached hydrogens (tertiary/aromatic N) is 1. The molecule has 1 rings (SSSR count). The Morgan fingerprint density at radius 1 is 1.24 bits per heavy atom. The number of amides is 3. The standard InChI is InChI=1S/C18H33N5O5S/c1-29-10-7-12(20)18(28)23-9-4-6-14(23)17(27)22-13(5-2-3-8-19)16(26)21-11-15(24)25/h12-14H,2-11,19-20H2,1H3,(H,21,26)(H,22,27)(H,24,25). The van der Waals surface area contributed by atoms with Crippen LogP contribution in [0.5, 0.6) is 0 Å². The van der Waals surface area contributed by atoms with Crippen LogP contribution >= 0.6 is 11.8 Å². The molecule has 7 N–H and O–H groups in total. The van der Waals surface area contributed by atoms with Crippen LogP contribution in [-0.4, -0.2) is 83.5 Å². The molecule has 0 aromatic rings. The first-order valence-electron chi connectivity index (χ1n) is 9.86. The first-order valence-corrected chi connectivity index (χ1v) is 11.3. The second kappa shape index (κ2) is 13.4. The quantitative estimate of drug-likeness (QED) is 0.228. The molecule has 29 heavy (non-hydrogen) atoms. The number of likely N-dealkylation sites (tertiary alicyclic amines) is 1. The van der Waals surface area contributed by atoms with Gasteiger partial charge in [0.05, 0.1) is 6.04 Å². The van der Waals surface area contributed by atoms with Crippen molar-refractivity contribution in [1.82, 2.24) is 15.5 Å². The second-order valence-electron chi connectivity index (χ2n) is 7.03. The Bertz CT molecular complexity index is 577. The number of unbranched alkanes of at least 4 members (excludes halogenated alkanes) is 1. The van der Waals surface area contributed by atoms with Crippen LogP contribution in [0.2, 0.25) is 0 Å². The van der Waals surface area contributed by atoms with E-state index in [9.17, 15) is 19.2 Å². The molecular weight excluding hydrogens is 398 g/mol. The van der Waals surface area contributed by atoms with Crippen LogP contribution in [0.3, 0.4) is 0 Å². The maximum absolute atomic E-state index is 12.8. The van der Waals surface area contributed by atoms with E-state index in [4.69, 9.17) is 16.6 Å². The molecule has 0 spiro atoms. The first kappa shape index (κ1) is 25.2. The normalized spacial score (nSPS) is 18.2. The van der Waals surface area contributed by atoms with Crippen LogP contribution in [0, 0.1) is 0 Å². The summed E-state index contributed by atoms with van der Waals surface area (Å²) in [4.78, 5) is 49.9. The number of aliphatic carboxylic acids is 1. The lowest BCUT2D eigenvalue weighted by atomic mass is 10.1. The highest BCUT2D eigenvalue weighted by Gasteiger charge is 2.37. The highest BCUT2D eigenvalue weighted by atomic mass is 32.2. The summed E-state index contributed by atoms with van der Waals surface area (Å²) in [6, 6.07) is -2.21. The van der Waals surface area contributed by atoms with Crippen molar-refractivity contribution in [1.29, 1.82) is 0 Å². The number of nitrogens with two attached hydrogens (primary N) is 2. The van der Waals surface area contributed by atoms with Crippen LogP contribution in [-0.2, 0) is 19.2 Å². The summed E-state index contributed by atoms with van der Waals surface area (Å²) in [7, 11) is 0. The molecule has 1 fully saturated rings. The van der Waals surface area contributed by atoms with Gasteiger partial charge in [-0.2, -0.15) is 11.8 Å². The lowest BCUT2D eigenvalue weighted by Gasteiger charge is -2.28. The van der Waals surface area contributed by atoms with Crippen molar-refractivity contribution in [2.24, 2.45) is 11.5 Å². The van der Waals surface area contributed by atoms with E-state index >= 15 is 0 Å². The monoisotopic (exact) mass is 431 g/mol. The minimum Gasteiger partial charge on any atom is -0.480 e. The molecule has 1 heterocycles. The van der Waals surface area contributed by atoms with E-state index in [1.807, 2.05) is 6.26 Å². The zero-order chi connectivity index (χ0) is 21.8. The third-order valence-corrected chi connectivity index (χ3v) is 5.43. The van der Waals surface area contributed by atoms with Gasteiger partial charge in [-0.25, -0.2) is 0 Å². The van der Waals surface area contributed by atoms with Crippen molar-refractivity contribution in [2.45, 2.75) is 56.7 Å². The maximum atomic E-state index is 12.8. The smallest absolute Gasteiger partial charge is 0.322 e. The molecular formula is C18H33N5O5S. The molecule has 1 aliphatic heterocycles. The van der Waals surface area contributed by atoms with E-state index in [-0.39, 0.29) is 5.91 Å². The summed E-state index contributed by atoms with van der Waals surface area (Å²) in [5.41, 5.74) is 11.5. The van der Waals surface area contributed by atoms with E-state index in [0.717, 1.165) is 5.75 Å². The third-order valence-electron chi connectivity index (χ3n) is 4.78. The Hall–Kier alpha value is -1.85. The molecule has 0 aromatic carbocycles. The molecule has 3 atom stereocenters. The van der Waals surface area contributed by atoms with E-state index in [1.165, 1.54) is 4.90 Å². The first-order chi connectivity index (χ1) is 13.8. The fourth-order valence-electron chi connectivity index (χ4n) is 3.20. The van der Waals surface area contributed by atoms with Crippen molar-refractivity contribution >= 4 is 35.5 Å². The van der Waals surface area contributed by atoms with Crippen LogP contribution in [0.4, 0.5) is 0 Å². The molecule has 0 saturated carbocycles. The minimum atomic E-state index is -1.17. The Balaban J connectivity index is 2.75. The van der Waals surface area contributed by atoms with Gasteiger partial charge >= 0.3 is 5.97 Å². The Morgan fingerprint density at radius 3 is 2.59 bits per heavy atom. The van der Waals surface area contributed by atoms with E-state index in [0.29, 0.717) is 51.6 Å². The molecule has 1 aliphatic rings. The predicted molar refractivity (Wildman–Crippen MR) is 111 cm³/mol. The van der Waals surface area contributed by atoms with Crippen LogP contribution in [0.15, 0.2) is 0 Å². The zero-order valence-electron chi connectivity index (χ0n) is 16.9.